The number of hydrogen-bond acceptors (Lipinski definition) is 7. The fourth-order valence-electron chi connectivity index (χ4n) is 3.80. The van der Waals surface area contributed by atoms with Crippen LogP contribution in [-0.2, 0) is 4.79 Å². The molecule has 0 saturated carbocycles. The number of methoxy groups -OCH3 is 1. The topological polar surface area (TPSA) is 109 Å². The lowest BCUT2D eigenvalue weighted by Crippen LogP contribution is -2.32. The highest BCUT2D eigenvalue weighted by atomic mass is 35.5. The molecule has 4 aromatic rings. The number of amides is 2. The lowest BCUT2D eigenvalue weighted by atomic mass is 10.1. The zero-order valence-electron chi connectivity index (χ0n) is 23.7. The Morgan fingerprint density at radius 3 is 2.14 bits per heavy atom. The van der Waals surface area contributed by atoms with Gasteiger partial charge >= 0.3 is 5.97 Å². The molecule has 4 rings (SSSR count). The van der Waals surface area contributed by atoms with Crippen molar-refractivity contribution in [2.75, 3.05) is 26.1 Å². The summed E-state index contributed by atoms with van der Waals surface area (Å²) in [5, 5.41) is 7.23. The molecule has 0 unspecified atom stereocenters. The molecule has 0 heterocycles. The van der Waals surface area contributed by atoms with E-state index in [4.69, 9.17) is 21.1 Å². The summed E-state index contributed by atoms with van der Waals surface area (Å²) in [7, 11) is 5.30. The van der Waals surface area contributed by atoms with Crippen LogP contribution in [0.2, 0.25) is 5.02 Å². The molecule has 0 aliphatic rings. The fourth-order valence-corrected chi connectivity index (χ4v) is 3.92. The number of ether oxygens (including phenoxy) is 2. The van der Waals surface area contributed by atoms with Crippen molar-refractivity contribution in [1.82, 2.24) is 10.7 Å². The molecule has 218 valence electrons. The molecule has 0 aliphatic carbocycles. The van der Waals surface area contributed by atoms with Gasteiger partial charge in [0.05, 0.1) is 18.9 Å². The Morgan fingerprint density at radius 1 is 0.814 bits per heavy atom. The number of nitrogens with one attached hydrogen (secondary N) is 2. The van der Waals surface area contributed by atoms with Crippen LogP contribution in [0.5, 0.6) is 11.5 Å². The van der Waals surface area contributed by atoms with Gasteiger partial charge in [0.25, 0.3) is 11.8 Å². The largest absolute Gasteiger partial charge is 0.493 e. The zero-order chi connectivity index (χ0) is 30.8. The third-order valence-corrected chi connectivity index (χ3v) is 6.35. The SMILES string of the molecule is COc1cc(/C=N/NC(=O)/C(=C/c2ccc(N(C)C)cc2)NC(=O)c2ccccc2)ccc1OC(=O)c1ccc(Cl)cc1. The molecule has 0 spiro atoms. The molecular weight excluding hydrogens is 568 g/mol. The van der Waals surface area contributed by atoms with Crippen LogP contribution in [0.15, 0.2) is 108 Å². The molecule has 2 amide bonds. The Hall–Kier alpha value is -5.41. The van der Waals surface area contributed by atoms with Gasteiger partial charge in [-0.2, -0.15) is 5.10 Å². The molecule has 0 aliphatic heterocycles. The highest BCUT2D eigenvalue weighted by Gasteiger charge is 2.15. The predicted octanol–water partition coefficient (Wildman–Crippen LogP) is 5.56. The molecule has 0 aromatic heterocycles. The van der Waals surface area contributed by atoms with E-state index < -0.39 is 17.8 Å². The van der Waals surface area contributed by atoms with Gasteiger partial charge in [0.2, 0.25) is 0 Å². The molecule has 43 heavy (non-hydrogen) atoms. The normalized spacial score (nSPS) is 11.1. The maximum atomic E-state index is 13.1. The monoisotopic (exact) mass is 596 g/mol. The van der Waals surface area contributed by atoms with Gasteiger partial charge in [-0.25, -0.2) is 10.2 Å². The molecule has 9 nitrogen and oxygen atoms in total. The number of carbonyl (C=O) groups is 3. The van der Waals surface area contributed by atoms with Crippen molar-refractivity contribution in [2.24, 2.45) is 5.10 Å². The van der Waals surface area contributed by atoms with Crippen molar-refractivity contribution in [1.29, 1.82) is 0 Å². The molecule has 4 aromatic carbocycles. The first-order valence-electron chi connectivity index (χ1n) is 13.1. The number of anilines is 1. The minimum absolute atomic E-state index is 0.00523. The second kappa shape index (κ2) is 14.5. The maximum absolute atomic E-state index is 13.1. The summed E-state index contributed by atoms with van der Waals surface area (Å²) in [5.41, 5.74) is 5.44. The Bertz CT molecular complexity index is 1650. The Morgan fingerprint density at radius 2 is 1.49 bits per heavy atom. The number of benzene rings is 4. The quantitative estimate of drug-likeness (QED) is 0.0816. The van der Waals surface area contributed by atoms with Gasteiger partial charge < -0.3 is 19.7 Å². The van der Waals surface area contributed by atoms with E-state index in [1.807, 2.05) is 43.3 Å². The Kier molecular flexibility index (Phi) is 10.3. The lowest BCUT2D eigenvalue weighted by molar-refractivity contribution is -0.117. The number of nitrogens with zero attached hydrogens (tertiary/aromatic N) is 2. The average Bonchev–Trinajstić information content (AvgIpc) is 3.02. The van der Waals surface area contributed by atoms with Crippen LogP contribution in [0.4, 0.5) is 5.69 Å². The maximum Gasteiger partial charge on any atom is 0.343 e. The van der Waals surface area contributed by atoms with Gasteiger partial charge in [-0.1, -0.05) is 41.9 Å². The van der Waals surface area contributed by atoms with Crippen LogP contribution in [-0.4, -0.2) is 45.2 Å². The first kappa shape index (κ1) is 30.5. The minimum atomic E-state index is -0.627. The number of rotatable bonds is 10. The van der Waals surface area contributed by atoms with Gasteiger partial charge in [-0.3, -0.25) is 9.59 Å². The summed E-state index contributed by atoms with van der Waals surface area (Å²) >= 11 is 5.88. The third-order valence-electron chi connectivity index (χ3n) is 6.10. The summed E-state index contributed by atoms with van der Waals surface area (Å²) in [5.74, 6) is -1.15. The molecule has 0 saturated heterocycles. The van der Waals surface area contributed by atoms with E-state index in [2.05, 4.69) is 15.8 Å². The molecular formula is C33H29ClN4O5. The van der Waals surface area contributed by atoms with Crippen LogP contribution in [0.25, 0.3) is 6.08 Å². The van der Waals surface area contributed by atoms with Crippen molar-refractivity contribution in [3.63, 3.8) is 0 Å². The van der Waals surface area contributed by atoms with E-state index in [-0.39, 0.29) is 17.2 Å². The molecule has 2 N–H and O–H groups in total. The Labute approximate surface area is 254 Å². The zero-order valence-corrected chi connectivity index (χ0v) is 24.5. The van der Waals surface area contributed by atoms with Crippen LogP contribution >= 0.6 is 11.6 Å². The van der Waals surface area contributed by atoms with E-state index in [0.717, 1.165) is 5.69 Å². The summed E-state index contributed by atoms with van der Waals surface area (Å²) in [6.45, 7) is 0. The predicted molar refractivity (Wildman–Crippen MR) is 168 cm³/mol. The number of esters is 1. The fraction of sp³-hybridized carbons (Fsp3) is 0.0909. The van der Waals surface area contributed by atoms with E-state index in [1.54, 1.807) is 78.9 Å². The molecule has 0 fully saturated rings. The lowest BCUT2D eigenvalue weighted by Gasteiger charge is -2.13. The molecule has 0 radical (unpaired) electrons. The molecule has 0 bridgehead atoms. The van der Waals surface area contributed by atoms with E-state index in [0.29, 0.717) is 27.3 Å². The van der Waals surface area contributed by atoms with E-state index >= 15 is 0 Å². The van der Waals surface area contributed by atoms with Crippen molar-refractivity contribution in [3.05, 3.63) is 130 Å². The second-order valence-corrected chi connectivity index (χ2v) is 9.81. The van der Waals surface area contributed by atoms with Gasteiger partial charge in [0, 0.05) is 30.4 Å². The Balaban J connectivity index is 1.49. The van der Waals surface area contributed by atoms with Gasteiger partial charge in [-0.15, -0.1) is 0 Å². The van der Waals surface area contributed by atoms with Crippen molar-refractivity contribution < 1.29 is 23.9 Å². The van der Waals surface area contributed by atoms with Crippen LogP contribution in [0.1, 0.15) is 31.8 Å². The first-order chi connectivity index (χ1) is 20.7. The van der Waals surface area contributed by atoms with Gasteiger partial charge in [-0.05, 0) is 83.9 Å². The molecule has 0 atom stereocenters. The number of carbonyl (C=O) groups excluding carboxylic acids is 3. The van der Waals surface area contributed by atoms with Crippen LogP contribution < -0.4 is 25.1 Å². The van der Waals surface area contributed by atoms with Crippen molar-refractivity contribution >= 4 is 47.4 Å². The summed E-state index contributed by atoms with van der Waals surface area (Å²) in [6, 6.07) is 27.2. The minimum Gasteiger partial charge on any atom is -0.493 e. The summed E-state index contributed by atoms with van der Waals surface area (Å²) < 4.78 is 10.8. The number of halogens is 1. The second-order valence-electron chi connectivity index (χ2n) is 9.37. The summed E-state index contributed by atoms with van der Waals surface area (Å²) in [4.78, 5) is 40.4. The standard InChI is InChI=1S/C33H29ClN4O5/c1-38(2)27-16-9-22(10-17-27)19-28(36-31(39)24-7-5-4-6-8-24)32(40)37-35-21-23-11-18-29(30(20-23)42-3)43-33(41)25-12-14-26(34)15-13-25/h4-21H,1-3H3,(H,36,39)(H,37,40)/b28-19-,35-21+. The van der Waals surface area contributed by atoms with Crippen LogP contribution in [0, 0.1) is 0 Å². The van der Waals surface area contributed by atoms with Gasteiger partial charge in [0.15, 0.2) is 11.5 Å². The molecule has 10 heteroatoms. The highest BCUT2D eigenvalue weighted by molar-refractivity contribution is 6.30. The first-order valence-corrected chi connectivity index (χ1v) is 13.5. The highest BCUT2D eigenvalue weighted by Crippen LogP contribution is 2.28. The summed E-state index contributed by atoms with van der Waals surface area (Å²) in [6.07, 6.45) is 2.96. The van der Waals surface area contributed by atoms with Gasteiger partial charge in [0.1, 0.15) is 5.70 Å². The third kappa shape index (κ3) is 8.54. The van der Waals surface area contributed by atoms with Crippen molar-refractivity contribution in [2.45, 2.75) is 0 Å². The van der Waals surface area contributed by atoms with E-state index in [1.165, 1.54) is 13.3 Å². The van der Waals surface area contributed by atoms with E-state index in [9.17, 15) is 14.4 Å². The number of hydrazone groups is 1. The average molecular weight is 597 g/mol. The van der Waals surface area contributed by atoms with Crippen LogP contribution in [0.3, 0.4) is 0 Å². The van der Waals surface area contributed by atoms with Crippen molar-refractivity contribution in [3.8, 4) is 11.5 Å². The number of hydrogen-bond donors (Lipinski definition) is 2. The smallest absolute Gasteiger partial charge is 0.343 e.